The molecule has 0 saturated heterocycles. The lowest BCUT2D eigenvalue weighted by Crippen LogP contribution is -2.05. The van der Waals surface area contributed by atoms with E-state index in [1.165, 1.54) is 6.07 Å². The van der Waals surface area contributed by atoms with Gasteiger partial charge in [0.25, 0.3) is 0 Å². The Kier molecular flexibility index (Phi) is 3.17. The van der Waals surface area contributed by atoms with Gasteiger partial charge in [0.15, 0.2) is 11.5 Å². The molecule has 0 amide bonds. The average Bonchev–Trinajstić information content (AvgIpc) is 2.05. The third-order valence-electron chi connectivity index (χ3n) is 1.70. The van der Waals surface area contributed by atoms with E-state index in [1.807, 2.05) is 0 Å². The summed E-state index contributed by atoms with van der Waals surface area (Å²) in [5.41, 5.74) is 0.523. The molecule has 0 spiro atoms. The molecule has 72 valence electrons. The van der Waals surface area contributed by atoms with Gasteiger partial charge < -0.3 is 15.3 Å². The second kappa shape index (κ2) is 3.98. The zero-order chi connectivity index (χ0) is 10.0. The first-order valence-corrected chi connectivity index (χ1v) is 4.69. The van der Waals surface area contributed by atoms with Gasteiger partial charge in [0, 0.05) is 16.5 Å². The van der Waals surface area contributed by atoms with Crippen molar-refractivity contribution >= 4 is 15.9 Å². The Morgan fingerprint density at radius 1 is 1.38 bits per heavy atom. The predicted octanol–water partition coefficient (Wildman–Crippen LogP) is 1.78. The number of aromatic hydroxyl groups is 2. The summed E-state index contributed by atoms with van der Waals surface area (Å²) >= 11 is 3.23. The Bertz CT molecular complexity index is 310. The van der Waals surface area contributed by atoms with Crippen LogP contribution < -0.4 is 0 Å². The van der Waals surface area contributed by atoms with Crippen molar-refractivity contribution < 1.29 is 15.3 Å². The number of rotatable bonds is 2. The molecule has 0 radical (unpaired) electrons. The van der Waals surface area contributed by atoms with E-state index in [1.54, 1.807) is 13.0 Å². The lowest BCUT2D eigenvalue weighted by molar-refractivity contribution is 0.194. The van der Waals surface area contributed by atoms with Crippen molar-refractivity contribution in [2.75, 3.05) is 0 Å². The van der Waals surface area contributed by atoms with Gasteiger partial charge in [0.05, 0.1) is 6.10 Å². The first-order valence-electron chi connectivity index (χ1n) is 3.89. The van der Waals surface area contributed by atoms with Gasteiger partial charge in [-0.3, -0.25) is 0 Å². The topological polar surface area (TPSA) is 60.7 Å². The van der Waals surface area contributed by atoms with Crippen molar-refractivity contribution in [2.24, 2.45) is 0 Å². The van der Waals surface area contributed by atoms with Crippen LogP contribution >= 0.6 is 15.9 Å². The highest BCUT2D eigenvalue weighted by molar-refractivity contribution is 9.10. The molecule has 1 atom stereocenters. The molecule has 1 rings (SSSR count). The van der Waals surface area contributed by atoms with Crippen LogP contribution in [0.5, 0.6) is 11.5 Å². The summed E-state index contributed by atoms with van der Waals surface area (Å²) in [6.07, 6.45) is -0.245. The summed E-state index contributed by atoms with van der Waals surface area (Å²) in [4.78, 5) is 0. The third-order valence-corrected chi connectivity index (χ3v) is 2.45. The van der Waals surface area contributed by atoms with Crippen LogP contribution in [0.25, 0.3) is 0 Å². The van der Waals surface area contributed by atoms with Crippen LogP contribution in [0.4, 0.5) is 0 Å². The molecular formula is C9H11BrO3. The van der Waals surface area contributed by atoms with E-state index in [2.05, 4.69) is 15.9 Å². The number of hydrogen-bond donors (Lipinski definition) is 3. The normalized spacial score (nSPS) is 12.8. The average molecular weight is 247 g/mol. The lowest BCUT2D eigenvalue weighted by atomic mass is 10.1. The number of halogens is 1. The van der Waals surface area contributed by atoms with Crippen LogP contribution in [0.15, 0.2) is 16.6 Å². The standard InChI is InChI=1S/C9H11BrO3/c1-5(11)4-6-7(10)2-3-8(12)9(6)13/h2-3,5,11-13H,4H2,1H3. The highest BCUT2D eigenvalue weighted by atomic mass is 79.9. The fourth-order valence-corrected chi connectivity index (χ4v) is 1.57. The highest BCUT2D eigenvalue weighted by Gasteiger charge is 2.12. The van der Waals surface area contributed by atoms with E-state index in [-0.39, 0.29) is 11.5 Å². The van der Waals surface area contributed by atoms with E-state index >= 15 is 0 Å². The number of benzene rings is 1. The molecule has 0 bridgehead atoms. The van der Waals surface area contributed by atoms with E-state index in [0.717, 1.165) is 0 Å². The van der Waals surface area contributed by atoms with Crippen molar-refractivity contribution in [3.8, 4) is 11.5 Å². The van der Waals surface area contributed by atoms with Crippen molar-refractivity contribution in [1.29, 1.82) is 0 Å². The zero-order valence-electron chi connectivity index (χ0n) is 7.16. The zero-order valence-corrected chi connectivity index (χ0v) is 8.74. The second-order valence-electron chi connectivity index (χ2n) is 2.95. The molecule has 3 N–H and O–H groups in total. The van der Waals surface area contributed by atoms with Gasteiger partial charge in [-0.25, -0.2) is 0 Å². The van der Waals surface area contributed by atoms with Gasteiger partial charge in [-0.1, -0.05) is 15.9 Å². The molecule has 0 aliphatic carbocycles. The number of aliphatic hydroxyl groups is 1. The van der Waals surface area contributed by atoms with E-state index < -0.39 is 6.10 Å². The number of hydrogen-bond acceptors (Lipinski definition) is 3. The summed E-state index contributed by atoms with van der Waals surface area (Å²) in [6, 6.07) is 3.03. The van der Waals surface area contributed by atoms with E-state index in [0.29, 0.717) is 16.5 Å². The van der Waals surface area contributed by atoms with E-state index in [4.69, 9.17) is 5.11 Å². The quantitative estimate of drug-likeness (QED) is 0.698. The molecule has 1 aromatic rings. The van der Waals surface area contributed by atoms with Crippen LogP contribution in [0.3, 0.4) is 0 Å². The minimum atomic E-state index is -0.552. The molecule has 0 fully saturated rings. The second-order valence-corrected chi connectivity index (χ2v) is 3.80. The van der Waals surface area contributed by atoms with Crippen LogP contribution in [0.1, 0.15) is 12.5 Å². The van der Waals surface area contributed by atoms with Crippen molar-refractivity contribution in [2.45, 2.75) is 19.4 Å². The van der Waals surface area contributed by atoms with Crippen LogP contribution in [-0.2, 0) is 6.42 Å². The minimum absolute atomic E-state index is 0.168. The van der Waals surface area contributed by atoms with Gasteiger partial charge in [-0.2, -0.15) is 0 Å². The molecule has 0 aromatic heterocycles. The largest absolute Gasteiger partial charge is 0.504 e. The molecule has 0 aliphatic rings. The smallest absolute Gasteiger partial charge is 0.161 e. The molecule has 1 aromatic carbocycles. The molecule has 0 heterocycles. The monoisotopic (exact) mass is 246 g/mol. The Hall–Kier alpha value is -0.740. The predicted molar refractivity (Wildman–Crippen MR) is 52.9 cm³/mol. The molecule has 1 unspecified atom stereocenters. The van der Waals surface area contributed by atoms with Crippen LogP contribution in [-0.4, -0.2) is 21.4 Å². The summed E-state index contributed by atoms with van der Waals surface area (Å²) in [5.74, 6) is -0.339. The Balaban J connectivity index is 3.10. The maximum atomic E-state index is 9.44. The molecular weight excluding hydrogens is 236 g/mol. The number of phenols is 2. The summed E-state index contributed by atoms with van der Waals surface area (Å²) < 4.78 is 0.684. The van der Waals surface area contributed by atoms with Crippen molar-refractivity contribution in [3.63, 3.8) is 0 Å². The van der Waals surface area contributed by atoms with Crippen LogP contribution in [0, 0.1) is 0 Å². The van der Waals surface area contributed by atoms with Gasteiger partial charge >= 0.3 is 0 Å². The molecule has 13 heavy (non-hydrogen) atoms. The minimum Gasteiger partial charge on any atom is -0.504 e. The Morgan fingerprint density at radius 2 is 2.00 bits per heavy atom. The first kappa shape index (κ1) is 10.3. The summed E-state index contributed by atoms with van der Waals surface area (Å²) in [6.45, 7) is 1.62. The fourth-order valence-electron chi connectivity index (χ4n) is 1.09. The molecule has 4 heteroatoms. The summed E-state index contributed by atoms with van der Waals surface area (Å²) in [7, 11) is 0. The maximum Gasteiger partial charge on any atom is 0.161 e. The van der Waals surface area contributed by atoms with Gasteiger partial charge in [0.1, 0.15) is 0 Å². The Labute approximate surface area is 84.8 Å². The van der Waals surface area contributed by atoms with Crippen molar-refractivity contribution in [3.05, 3.63) is 22.2 Å². The first-order chi connectivity index (χ1) is 6.02. The third kappa shape index (κ3) is 2.35. The highest BCUT2D eigenvalue weighted by Crippen LogP contribution is 2.34. The SMILES string of the molecule is CC(O)Cc1c(Br)ccc(O)c1O. The molecule has 3 nitrogen and oxygen atoms in total. The number of phenolic OH excluding ortho intramolecular Hbond substituents is 2. The van der Waals surface area contributed by atoms with E-state index in [9.17, 15) is 10.2 Å². The number of aliphatic hydroxyl groups excluding tert-OH is 1. The van der Waals surface area contributed by atoms with Gasteiger partial charge in [-0.15, -0.1) is 0 Å². The Morgan fingerprint density at radius 3 is 2.54 bits per heavy atom. The summed E-state index contributed by atoms with van der Waals surface area (Å²) in [5, 5.41) is 27.8. The van der Waals surface area contributed by atoms with Crippen LogP contribution in [0.2, 0.25) is 0 Å². The molecule has 0 aliphatic heterocycles. The van der Waals surface area contributed by atoms with Gasteiger partial charge in [0.2, 0.25) is 0 Å². The molecule has 0 saturated carbocycles. The van der Waals surface area contributed by atoms with Crippen molar-refractivity contribution in [1.82, 2.24) is 0 Å². The van der Waals surface area contributed by atoms with Gasteiger partial charge in [-0.05, 0) is 19.1 Å². The fraction of sp³-hybridized carbons (Fsp3) is 0.333. The lowest BCUT2D eigenvalue weighted by Gasteiger charge is -2.10. The maximum absolute atomic E-state index is 9.44.